The zero-order valence-electron chi connectivity index (χ0n) is 9.52. The van der Waals surface area contributed by atoms with Crippen LogP contribution in [0.2, 0.25) is 5.15 Å². The molecule has 0 aliphatic rings. The van der Waals surface area contributed by atoms with Gasteiger partial charge in [0.25, 0.3) is 0 Å². The summed E-state index contributed by atoms with van der Waals surface area (Å²) in [6, 6.07) is 5.88. The minimum absolute atomic E-state index is 0.409. The molecule has 0 aliphatic carbocycles. The van der Waals surface area contributed by atoms with E-state index >= 15 is 0 Å². The summed E-state index contributed by atoms with van der Waals surface area (Å²) in [5, 5.41) is 2.54. The fraction of sp³-hybridized carbons (Fsp3) is 0.333. The molecule has 0 saturated carbocycles. The fourth-order valence-corrected chi connectivity index (χ4v) is 2.39. The zero-order chi connectivity index (χ0) is 12.1. The van der Waals surface area contributed by atoms with Gasteiger partial charge in [-0.3, -0.25) is 0 Å². The number of hydrogen-bond donors (Lipinski definition) is 0. The number of thiophene rings is 1. The van der Waals surface area contributed by atoms with Crippen LogP contribution in [0.15, 0.2) is 23.6 Å². The summed E-state index contributed by atoms with van der Waals surface area (Å²) in [5.74, 6) is 0.640. The number of aryl methyl sites for hydroxylation is 1. The maximum Gasteiger partial charge on any atom is 0.155 e. The molecule has 0 radical (unpaired) electrons. The van der Waals surface area contributed by atoms with Gasteiger partial charge in [0.05, 0.1) is 6.61 Å². The summed E-state index contributed by atoms with van der Waals surface area (Å²) in [6.07, 6.45) is 0.928. The van der Waals surface area contributed by atoms with E-state index in [1.165, 1.54) is 4.88 Å². The Balaban J connectivity index is 1.78. The van der Waals surface area contributed by atoms with Gasteiger partial charge in [-0.15, -0.1) is 11.3 Å². The van der Waals surface area contributed by atoms with Gasteiger partial charge < -0.3 is 4.74 Å². The van der Waals surface area contributed by atoms with E-state index in [-0.39, 0.29) is 0 Å². The van der Waals surface area contributed by atoms with Crippen LogP contribution in [0.25, 0.3) is 0 Å². The van der Waals surface area contributed by atoms with E-state index in [1.54, 1.807) is 17.4 Å². The summed E-state index contributed by atoms with van der Waals surface area (Å²) in [6.45, 7) is 2.98. The third-order valence-electron chi connectivity index (χ3n) is 2.17. The zero-order valence-corrected chi connectivity index (χ0v) is 11.1. The number of rotatable bonds is 5. The van der Waals surface area contributed by atoms with Gasteiger partial charge in [-0.1, -0.05) is 17.7 Å². The van der Waals surface area contributed by atoms with E-state index in [4.69, 9.17) is 16.3 Å². The molecular formula is C12H13ClN2OS. The van der Waals surface area contributed by atoms with Crippen LogP contribution in [0, 0.1) is 6.92 Å². The van der Waals surface area contributed by atoms with Crippen molar-refractivity contribution in [3.63, 3.8) is 0 Å². The molecule has 0 saturated heterocycles. The Morgan fingerprint density at radius 3 is 3.00 bits per heavy atom. The topological polar surface area (TPSA) is 35.0 Å². The lowest BCUT2D eigenvalue weighted by Gasteiger charge is -2.03. The normalized spacial score (nSPS) is 10.7. The average molecular weight is 269 g/mol. The molecule has 0 amide bonds. The predicted molar refractivity (Wildman–Crippen MR) is 69.5 cm³/mol. The quantitative estimate of drug-likeness (QED) is 0.617. The maximum atomic E-state index is 5.84. The van der Waals surface area contributed by atoms with Gasteiger partial charge in [0, 0.05) is 17.0 Å². The minimum Gasteiger partial charge on any atom is -0.373 e. The van der Waals surface area contributed by atoms with Crippen molar-refractivity contribution in [2.75, 3.05) is 6.61 Å². The standard InChI is InChI=1S/C12H13ClN2OS/c1-9-7-11(13)15-12(14-9)8-16-5-4-10-3-2-6-17-10/h2-3,6-7H,4-5,8H2,1H3. The molecule has 2 aromatic rings. The second-order valence-electron chi connectivity index (χ2n) is 3.63. The highest BCUT2D eigenvalue weighted by Crippen LogP contribution is 2.10. The van der Waals surface area contributed by atoms with Gasteiger partial charge >= 0.3 is 0 Å². The molecule has 0 aromatic carbocycles. The van der Waals surface area contributed by atoms with Crippen molar-refractivity contribution in [3.05, 3.63) is 45.1 Å². The highest BCUT2D eigenvalue weighted by Gasteiger charge is 2.01. The first kappa shape index (κ1) is 12.5. The van der Waals surface area contributed by atoms with Crippen molar-refractivity contribution >= 4 is 22.9 Å². The van der Waals surface area contributed by atoms with Crippen LogP contribution < -0.4 is 0 Å². The molecule has 5 heteroatoms. The molecule has 0 unspecified atom stereocenters. The molecule has 0 fully saturated rings. The first-order valence-electron chi connectivity index (χ1n) is 5.34. The minimum atomic E-state index is 0.409. The second kappa shape index (κ2) is 6.10. The van der Waals surface area contributed by atoms with Crippen molar-refractivity contribution in [3.8, 4) is 0 Å². The Labute approximate surface area is 109 Å². The van der Waals surface area contributed by atoms with E-state index in [0.29, 0.717) is 24.2 Å². The molecule has 0 spiro atoms. The smallest absolute Gasteiger partial charge is 0.155 e. The highest BCUT2D eigenvalue weighted by molar-refractivity contribution is 7.09. The van der Waals surface area contributed by atoms with E-state index < -0.39 is 0 Å². The first-order chi connectivity index (χ1) is 8.24. The number of nitrogens with zero attached hydrogens (tertiary/aromatic N) is 2. The Bertz CT molecular complexity index is 453. The Morgan fingerprint density at radius 1 is 1.41 bits per heavy atom. The molecule has 0 bridgehead atoms. The molecule has 0 N–H and O–H groups in total. The predicted octanol–water partition coefficient (Wildman–Crippen LogP) is 3.26. The monoisotopic (exact) mass is 268 g/mol. The van der Waals surface area contributed by atoms with Crippen molar-refractivity contribution in [1.82, 2.24) is 9.97 Å². The molecule has 3 nitrogen and oxygen atoms in total. The van der Waals surface area contributed by atoms with Crippen LogP contribution in [0.4, 0.5) is 0 Å². The number of aromatic nitrogens is 2. The molecule has 2 aromatic heterocycles. The van der Waals surface area contributed by atoms with Gasteiger partial charge in [-0.25, -0.2) is 9.97 Å². The van der Waals surface area contributed by atoms with Crippen LogP contribution in [0.3, 0.4) is 0 Å². The lowest BCUT2D eigenvalue weighted by atomic mass is 10.4. The van der Waals surface area contributed by atoms with Crippen molar-refractivity contribution in [2.45, 2.75) is 20.0 Å². The van der Waals surface area contributed by atoms with E-state index in [9.17, 15) is 0 Å². The number of hydrogen-bond acceptors (Lipinski definition) is 4. The number of ether oxygens (including phenoxy) is 1. The molecule has 17 heavy (non-hydrogen) atoms. The molecule has 0 atom stereocenters. The summed E-state index contributed by atoms with van der Waals surface area (Å²) >= 11 is 7.58. The van der Waals surface area contributed by atoms with E-state index in [1.807, 2.05) is 13.0 Å². The highest BCUT2D eigenvalue weighted by atomic mass is 35.5. The molecule has 90 valence electrons. The van der Waals surface area contributed by atoms with Gasteiger partial charge in [0.1, 0.15) is 11.8 Å². The first-order valence-corrected chi connectivity index (χ1v) is 6.60. The SMILES string of the molecule is Cc1cc(Cl)nc(COCCc2cccs2)n1. The van der Waals surface area contributed by atoms with E-state index in [0.717, 1.165) is 12.1 Å². The van der Waals surface area contributed by atoms with Crippen LogP contribution in [-0.2, 0) is 17.8 Å². The van der Waals surface area contributed by atoms with Gasteiger partial charge in [-0.2, -0.15) is 0 Å². The molecular weight excluding hydrogens is 256 g/mol. The summed E-state index contributed by atoms with van der Waals surface area (Å²) in [5.41, 5.74) is 0.863. The van der Waals surface area contributed by atoms with Gasteiger partial charge in [0.15, 0.2) is 5.82 Å². The van der Waals surface area contributed by atoms with Crippen molar-refractivity contribution in [1.29, 1.82) is 0 Å². The lowest BCUT2D eigenvalue weighted by Crippen LogP contribution is -2.03. The van der Waals surface area contributed by atoms with Crippen molar-refractivity contribution < 1.29 is 4.74 Å². The van der Waals surface area contributed by atoms with Crippen LogP contribution in [0.5, 0.6) is 0 Å². The molecule has 2 rings (SSSR count). The summed E-state index contributed by atoms with van der Waals surface area (Å²) < 4.78 is 5.53. The van der Waals surface area contributed by atoms with Crippen LogP contribution in [-0.4, -0.2) is 16.6 Å². The second-order valence-corrected chi connectivity index (χ2v) is 5.05. The van der Waals surface area contributed by atoms with E-state index in [2.05, 4.69) is 21.4 Å². The maximum absolute atomic E-state index is 5.84. The van der Waals surface area contributed by atoms with Gasteiger partial charge in [0.2, 0.25) is 0 Å². The Kier molecular flexibility index (Phi) is 4.48. The van der Waals surface area contributed by atoms with Crippen molar-refractivity contribution in [2.24, 2.45) is 0 Å². The average Bonchev–Trinajstić information content (AvgIpc) is 2.76. The third kappa shape index (κ3) is 4.07. The fourth-order valence-electron chi connectivity index (χ4n) is 1.44. The Hall–Kier alpha value is -0.970. The molecule has 2 heterocycles. The van der Waals surface area contributed by atoms with Crippen LogP contribution >= 0.6 is 22.9 Å². The van der Waals surface area contributed by atoms with Gasteiger partial charge in [-0.05, 0) is 24.4 Å². The molecule has 0 aliphatic heterocycles. The third-order valence-corrected chi connectivity index (χ3v) is 3.30. The largest absolute Gasteiger partial charge is 0.373 e. The summed E-state index contributed by atoms with van der Waals surface area (Å²) in [7, 11) is 0. The number of halogens is 1. The lowest BCUT2D eigenvalue weighted by molar-refractivity contribution is 0.118. The summed E-state index contributed by atoms with van der Waals surface area (Å²) in [4.78, 5) is 9.68. The Morgan fingerprint density at radius 2 is 2.29 bits per heavy atom. The van der Waals surface area contributed by atoms with Crippen LogP contribution in [0.1, 0.15) is 16.4 Å².